The van der Waals surface area contributed by atoms with Gasteiger partial charge in [-0.3, -0.25) is 11.3 Å². The van der Waals surface area contributed by atoms with Crippen molar-refractivity contribution >= 4 is 0 Å². The summed E-state index contributed by atoms with van der Waals surface area (Å²) in [6.45, 7) is 8.61. The van der Waals surface area contributed by atoms with Crippen molar-refractivity contribution in [1.82, 2.24) is 5.43 Å². The number of nitrogens with one attached hydrogen (secondary N) is 1. The summed E-state index contributed by atoms with van der Waals surface area (Å²) in [7, 11) is 1.73. The van der Waals surface area contributed by atoms with Crippen LogP contribution < -0.4 is 16.0 Å². The highest BCUT2D eigenvalue weighted by atomic mass is 16.5. The molecule has 0 heterocycles. The van der Waals surface area contributed by atoms with Gasteiger partial charge in [0.05, 0.1) is 13.2 Å². The first-order valence-electron chi connectivity index (χ1n) is 6.67. The van der Waals surface area contributed by atoms with Crippen molar-refractivity contribution in [2.45, 2.75) is 46.6 Å². The molecular weight excluding hydrogens is 224 g/mol. The highest BCUT2D eigenvalue weighted by molar-refractivity contribution is 5.47. The second-order valence-electron chi connectivity index (χ2n) is 5.04. The van der Waals surface area contributed by atoms with E-state index in [1.165, 1.54) is 11.1 Å². The van der Waals surface area contributed by atoms with Crippen molar-refractivity contribution in [2.24, 2.45) is 11.8 Å². The van der Waals surface area contributed by atoms with Crippen molar-refractivity contribution in [2.75, 3.05) is 7.11 Å². The van der Waals surface area contributed by atoms with Crippen molar-refractivity contribution in [3.63, 3.8) is 0 Å². The van der Waals surface area contributed by atoms with E-state index in [2.05, 4.69) is 45.3 Å². The maximum absolute atomic E-state index is 5.74. The van der Waals surface area contributed by atoms with Crippen LogP contribution in [0.15, 0.2) is 12.1 Å². The van der Waals surface area contributed by atoms with Crippen LogP contribution in [0.25, 0.3) is 0 Å². The first kappa shape index (κ1) is 15.0. The predicted octanol–water partition coefficient (Wildman–Crippen LogP) is 3.25. The second kappa shape index (κ2) is 6.76. The number of benzene rings is 1. The van der Waals surface area contributed by atoms with E-state index < -0.39 is 0 Å². The molecule has 0 aliphatic rings. The zero-order valence-electron chi connectivity index (χ0n) is 12.2. The maximum atomic E-state index is 5.74. The van der Waals surface area contributed by atoms with Gasteiger partial charge in [0.15, 0.2) is 0 Å². The van der Waals surface area contributed by atoms with Gasteiger partial charge < -0.3 is 4.74 Å². The highest BCUT2D eigenvalue weighted by Crippen LogP contribution is 2.35. The van der Waals surface area contributed by atoms with E-state index in [0.717, 1.165) is 24.2 Å². The molecule has 0 aromatic heterocycles. The van der Waals surface area contributed by atoms with Crippen molar-refractivity contribution in [3.05, 3.63) is 28.8 Å². The Labute approximate surface area is 111 Å². The zero-order valence-corrected chi connectivity index (χ0v) is 12.2. The largest absolute Gasteiger partial charge is 0.496 e. The Hall–Kier alpha value is -1.06. The van der Waals surface area contributed by atoms with Crippen LogP contribution in [0.1, 0.15) is 49.4 Å². The Morgan fingerprint density at radius 2 is 2.00 bits per heavy atom. The minimum atomic E-state index is 0.138. The summed E-state index contributed by atoms with van der Waals surface area (Å²) in [5, 5.41) is 0. The number of methoxy groups -OCH3 is 1. The van der Waals surface area contributed by atoms with Crippen molar-refractivity contribution in [3.8, 4) is 5.75 Å². The molecule has 0 saturated carbocycles. The molecule has 0 amide bonds. The molecule has 1 rings (SSSR count). The van der Waals surface area contributed by atoms with Crippen molar-refractivity contribution < 1.29 is 4.74 Å². The fourth-order valence-corrected chi connectivity index (χ4v) is 2.51. The molecule has 0 bridgehead atoms. The Bertz CT molecular complexity index is 390. The molecule has 3 N–H and O–H groups in total. The van der Waals surface area contributed by atoms with E-state index in [0.29, 0.717) is 5.92 Å². The molecule has 0 fully saturated rings. The quantitative estimate of drug-likeness (QED) is 0.602. The minimum Gasteiger partial charge on any atom is -0.496 e. The first-order valence-corrected chi connectivity index (χ1v) is 6.67. The highest BCUT2D eigenvalue weighted by Gasteiger charge is 2.22. The van der Waals surface area contributed by atoms with Gasteiger partial charge in [0.25, 0.3) is 0 Å². The fourth-order valence-electron chi connectivity index (χ4n) is 2.51. The number of ether oxygens (including phenoxy) is 1. The second-order valence-corrected chi connectivity index (χ2v) is 5.04. The summed E-state index contributed by atoms with van der Waals surface area (Å²) in [6.07, 6.45) is 2.30. The van der Waals surface area contributed by atoms with Gasteiger partial charge in [-0.1, -0.05) is 32.4 Å². The molecule has 3 nitrogen and oxygen atoms in total. The Balaban J connectivity index is 3.17. The van der Waals surface area contributed by atoms with E-state index in [1.807, 2.05) is 0 Å². The average Bonchev–Trinajstić information content (AvgIpc) is 2.35. The van der Waals surface area contributed by atoms with Gasteiger partial charge in [-0.25, -0.2) is 0 Å². The number of rotatable bonds is 6. The molecule has 1 aromatic carbocycles. The molecule has 2 unspecified atom stereocenters. The van der Waals surface area contributed by atoms with E-state index in [-0.39, 0.29) is 6.04 Å². The molecule has 0 spiro atoms. The average molecular weight is 250 g/mol. The van der Waals surface area contributed by atoms with Crippen molar-refractivity contribution in [1.29, 1.82) is 0 Å². The summed E-state index contributed by atoms with van der Waals surface area (Å²) in [4.78, 5) is 0. The Morgan fingerprint density at radius 3 is 2.50 bits per heavy atom. The van der Waals surface area contributed by atoms with Crippen LogP contribution >= 0.6 is 0 Å². The maximum Gasteiger partial charge on any atom is 0.126 e. The monoisotopic (exact) mass is 250 g/mol. The molecule has 0 radical (unpaired) electrons. The lowest BCUT2D eigenvalue weighted by atomic mass is 9.89. The summed E-state index contributed by atoms with van der Waals surface area (Å²) in [5.41, 5.74) is 6.54. The summed E-state index contributed by atoms with van der Waals surface area (Å²) >= 11 is 0. The number of aryl methyl sites for hydroxylation is 1. The third-order valence-electron chi connectivity index (χ3n) is 3.74. The first-order chi connectivity index (χ1) is 8.56. The van der Waals surface area contributed by atoms with Crippen LogP contribution in [-0.2, 0) is 0 Å². The van der Waals surface area contributed by atoms with Crippen LogP contribution in [0.3, 0.4) is 0 Å². The Kier molecular flexibility index (Phi) is 5.63. The van der Waals surface area contributed by atoms with E-state index in [9.17, 15) is 0 Å². The number of hydrogen-bond acceptors (Lipinski definition) is 3. The molecule has 2 atom stereocenters. The number of hydrazine groups is 1. The summed E-state index contributed by atoms with van der Waals surface area (Å²) in [5.74, 6) is 7.18. The lowest BCUT2D eigenvalue weighted by Gasteiger charge is -2.26. The SMILES string of the molecule is CCCC(C)C(NN)c1ccc(C)c(C)c1OC. The molecule has 0 aliphatic heterocycles. The van der Waals surface area contributed by atoms with Crippen LogP contribution in [-0.4, -0.2) is 7.11 Å². The molecule has 102 valence electrons. The molecule has 1 aromatic rings. The third kappa shape index (κ3) is 3.03. The smallest absolute Gasteiger partial charge is 0.126 e. The summed E-state index contributed by atoms with van der Waals surface area (Å²) in [6, 6.07) is 4.40. The Morgan fingerprint density at radius 1 is 1.33 bits per heavy atom. The lowest BCUT2D eigenvalue weighted by Crippen LogP contribution is -2.33. The van der Waals surface area contributed by atoms with Crippen LogP contribution in [0, 0.1) is 19.8 Å². The van der Waals surface area contributed by atoms with Gasteiger partial charge in [0.2, 0.25) is 0 Å². The molecule has 18 heavy (non-hydrogen) atoms. The van der Waals surface area contributed by atoms with Gasteiger partial charge in [-0.05, 0) is 37.3 Å². The molecular formula is C15H26N2O. The van der Waals surface area contributed by atoms with Gasteiger partial charge in [-0.15, -0.1) is 0 Å². The van der Waals surface area contributed by atoms with Gasteiger partial charge in [-0.2, -0.15) is 0 Å². The van der Waals surface area contributed by atoms with Crippen LogP contribution in [0.2, 0.25) is 0 Å². The van der Waals surface area contributed by atoms with E-state index in [1.54, 1.807) is 7.11 Å². The van der Waals surface area contributed by atoms with E-state index in [4.69, 9.17) is 10.6 Å². The predicted molar refractivity (Wildman–Crippen MR) is 76.6 cm³/mol. The number of hydrogen-bond donors (Lipinski definition) is 2. The minimum absolute atomic E-state index is 0.138. The fraction of sp³-hybridized carbons (Fsp3) is 0.600. The summed E-state index contributed by atoms with van der Waals surface area (Å²) < 4.78 is 5.57. The van der Waals surface area contributed by atoms with Gasteiger partial charge in [0, 0.05) is 5.56 Å². The van der Waals surface area contributed by atoms with Crippen LogP contribution in [0.5, 0.6) is 5.75 Å². The molecule has 0 aliphatic carbocycles. The topological polar surface area (TPSA) is 47.3 Å². The molecule has 0 saturated heterocycles. The van der Waals surface area contributed by atoms with Crippen LogP contribution in [0.4, 0.5) is 0 Å². The lowest BCUT2D eigenvalue weighted by molar-refractivity contribution is 0.344. The normalized spacial score (nSPS) is 14.3. The third-order valence-corrected chi connectivity index (χ3v) is 3.74. The standard InChI is InChI=1S/C15H26N2O/c1-6-7-11(3)14(17-16)13-9-8-10(2)12(4)15(13)18-5/h8-9,11,14,17H,6-7,16H2,1-5H3. The zero-order chi connectivity index (χ0) is 13.7. The molecule has 3 heteroatoms. The van der Waals surface area contributed by atoms with Gasteiger partial charge in [0.1, 0.15) is 5.75 Å². The van der Waals surface area contributed by atoms with Gasteiger partial charge >= 0.3 is 0 Å². The van der Waals surface area contributed by atoms with E-state index >= 15 is 0 Å². The number of nitrogens with two attached hydrogens (primary N) is 1.